The van der Waals surface area contributed by atoms with E-state index < -0.39 is 0 Å². The van der Waals surface area contributed by atoms with Crippen molar-refractivity contribution in [2.45, 2.75) is 18.8 Å². The van der Waals surface area contributed by atoms with Gasteiger partial charge in [-0.25, -0.2) is 0 Å². The van der Waals surface area contributed by atoms with E-state index in [0.29, 0.717) is 11.8 Å². The van der Waals surface area contributed by atoms with Crippen LogP contribution in [0, 0.1) is 0 Å². The Morgan fingerprint density at radius 3 is 3.07 bits per heavy atom. The Morgan fingerprint density at radius 1 is 1.64 bits per heavy atom. The molecule has 0 amide bonds. The number of oxime groups is 1. The van der Waals surface area contributed by atoms with E-state index in [1.54, 1.807) is 6.20 Å². The number of rotatable bonds is 3. The molecule has 0 bridgehead atoms. The number of hydrogen-bond donors (Lipinski definition) is 1. The molecule has 74 valence electrons. The van der Waals surface area contributed by atoms with E-state index in [1.165, 1.54) is 20.0 Å². The minimum Gasteiger partial charge on any atom is -0.397 e. The van der Waals surface area contributed by atoms with E-state index >= 15 is 0 Å². The molecule has 14 heavy (non-hydrogen) atoms. The third kappa shape index (κ3) is 1.84. The van der Waals surface area contributed by atoms with Crippen LogP contribution in [0.3, 0.4) is 0 Å². The average Bonchev–Trinajstić information content (AvgIpc) is 3.02. The maximum absolute atomic E-state index is 5.69. The predicted octanol–water partition coefficient (Wildman–Crippen LogP) is 1.23. The van der Waals surface area contributed by atoms with Crippen LogP contribution in [0.2, 0.25) is 0 Å². The lowest BCUT2D eigenvalue weighted by atomic mass is 10.2. The molecule has 2 rings (SSSR count). The van der Waals surface area contributed by atoms with Gasteiger partial charge in [0.05, 0.1) is 0 Å². The minimum atomic E-state index is 0.400. The van der Waals surface area contributed by atoms with Crippen LogP contribution in [0.25, 0.3) is 0 Å². The third-order valence-corrected chi connectivity index (χ3v) is 2.26. The van der Waals surface area contributed by atoms with Gasteiger partial charge in [0.2, 0.25) is 0 Å². The highest BCUT2D eigenvalue weighted by Gasteiger charge is 2.25. The molecule has 0 unspecified atom stereocenters. The van der Waals surface area contributed by atoms with Gasteiger partial charge in [-0.05, 0) is 25.0 Å². The Balaban J connectivity index is 2.25. The van der Waals surface area contributed by atoms with E-state index in [-0.39, 0.29) is 0 Å². The second-order valence-corrected chi connectivity index (χ2v) is 3.40. The first-order valence-corrected chi connectivity index (χ1v) is 4.64. The first-order chi connectivity index (χ1) is 6.81. The van der Waals surface area contributed by atoms with Crippen LogP contribution in [-0.4, -0.2) is 17.9 Å². The molecule has 1 aromatic rings. The molecular weight excluding hydrogens is 178 g/mol. The van der Waals surface area contributed by atoms with Gasteiger partial charge >= 0.3 is 0 Å². The molecule has 0 aliphatic heterocycles. The number of aromatic nitrogens is 1. The Bertz CT molecular complexity index is 358. The molecule has 0 atom stereocenters. The quantitative estimate of drug-likeness (QED) is 0.444. The SMILES string of the molecule is CO/N=C(\N)c1ccnc(C2CC2)c1. The summed E-state index contributed by atoms with van der Waals surface area (Å²) in [5.41, 5.74) is 7.68. The smallest absolute Gasteiger partial charge is 0.170 e. The molecule has 0 aromatic carbocycles. The topological polar surface area (TPSA) is 60.5 Å². The maximum atomic E-state index is 5.69. The third-order valence-electron chi connectivity index (χ3n) is 2.26. The molecule has 1 fully saturated rings. The van der Waals surface area contributed by atoms with Gasteiger partial charge in [0.25, 0.3) is 0 Å². The number of nitrogens with zero attached hydrogens (tertiary/aromatic N) is 2. The van der Waals surface area contributed by atoms with Crippen LogP contribution in [0.5, 0.6) is 0 Å². The Kier molecular flexibility index (Phi) is 2.35. The Labute approximate surface area is 82.8 Å². The van der Waals surface area contributed by atoms with E-state index in [2.05, 4.69) is 15.0 Å². The van der Waals surface area contributed by atoms with Crippen LogP contribution < -0.4 is 5.73 Å². The predicted molar refractivity (Wildman–Crippen MR) is 53.9 cm³/mol. The van der Waals surface area contributed by atoms with Gasteiger partial charge in [-0.2, -0.15) is 0 Å². The molecule has 0 saturated heterocycles. The summed E-state index contributed by atoms with van der Waals surface area (Å²) in [7, 11) is 1.48. The van der Waals surface area contributed by atoms with E-state index in [0.717, 1.165) is 11.3 Å². The molecule has 1 saturated carbocycles. The summed E-state index contributed by atoms with van der Waals surface area (Å²) in [6.07, 6.45) is 4.23. The van der Waals surface area contributed by atoms with Gasteiger partial charge in [0, 0.05) is 23.4 Å². The molecule has 1 aromatic heterocycles. The average molecular weight is 191 g/mol. The molecule has 0 spiro atoms. The van der Waals surface area contributed by atoms with Crippen molar-refractivity contribution >= 4 is 5.84 Å². The van der Waals surface area contributed by atoms with Crippen molar-refractivity contribution in [2.24, 2.45) is 10.9 Å². The molecule has 2 N–H and O–H groups in total. The molecule has 1 aliphatic carbocycles. The normalized spacial score (nSPS) is 16.8. The first kappa shape index (κ1) is 8.99. The lowest BCUT2D eigenvalue weighted by Gasteiger charge is -2.01. The van der Waals surface area contributed by atoms with Gasteiger partial charge in [0.15, 0.2) is 5.84 Å². The molecule has 4 heteroatoms. The Morgan fingerprint density at radius 2 is 2.43 bits per heavy atom. The van der Waals surface area contributed by atoms with E-state index in [1.807, 2.05) is 12.1 Å². The number of nitrogens with two attached hydrogens (primary N) is 1. The zero-order valence-corrected chi connectivity index (χ0v) is 8.10. The lowest BCUT2D eigenvalue weighted by molar-refractivity contribution is 0.213. The fourth-order valence-electron chi connectivity index (χ4n) is 1.36. The first-order valence-electron chi connectivity index (χ1n) is 4.64. The molecular formula is C10H13N3O. The number of amidine groups is 1. The van der Waals surface area contributed by atoms with E-state index in [4.69, 9.17) is 5.73 Å². The van der Waals surface area contributed by atoms with E-state index in [9.17, 15) is 0 Å². The van der Waals surface area contributed by atoms with Crippen LogP contribution in [0.1, 0.15) is 30.0 Å². The summed E-state index contributed by atoms with van der Waals surface area (Å²) in [5, 5.41) is 3.68. The van der Waals surface area contributed by atoms with Crippen molar-refractivity contribution in [3.8, 4) is 0 Å². The van der Waals surface area contributed by atoms with Gasteiger partial charge in [0.1, 0.15) is 7.11 Å². The summed E-state index contributed by atoms with van der Waals surface area (Å²) in [4.78, 5) is 8.91. The Hall–Kier alpha value is -1.58. The molecule has 4 nitrogen and oxygen atoms in total. The summed E-state index contributed by atoms with van der Waals surface area (Å²) in [6, 6.07) is 3.82. The highest BCUT2D eigenvalue weighted by Crippen LogP contribution is 2.38. The van der Waals surface area contributed by atoms with Crippen LogP contribution >= 0.6 is 0 Å². The second kappa shape index (κ2) is 3.65. The van der Waals surface area contributed by atoms with Crippen molar-refractivity contribution in [1.29, 1.82) is 0 Å². The van der Waals surface area contributed by atoms with Gasteiger partial charge in [-0.3, -0.25) is 4.98 Å². The maximum Gasteiger partial charge on any atom is 0.170 e. The summed E-state index contributed by atoms with van der Waals surface area (Å²) in [6.45, 7) is 0. The molecule has 0 radical (unpaired) electrons. The fourth-order valence-corrected chi connectivity index (χ4v) is 1.36. The molecule has 1 aliphatic rings. The van der Waals surface area contributed by atoms with Gasteiger partial charge < -0.3 is 10.6 Å². The van der Waals surface area contributed by atoms with Gasteiger partial charge in [-0.15, -0.1) is 0 Å². The highest BCUT2D eigenvalue weighted by molar-refractivity contribution is 5.97. The number of pyridine rings is 1. The van der Waals surface area contributed by atoms with Crippen LogP contribution in [-0.2, 0) is 4.84 Å². The largest absolute Gasteiger partial charge is 0.397 e. The zero-order valence-electron chi connectivity index (χ0n) is 8.10. The second-order valence-electron chi connectivity index (χ2n) is 3.40. The highest BCUT2D eigenvalue weighted by atomic mass is 16.6. The lowest BCUT2D eigenvalue weighted by Crippen LogP contribution is -2.14. The van der Waals surface area contributed by atoms with Crippen molar-refractivity contribution in [3.63, 3.8) is 0 Å². The van der Waals surface area contributed by atoms with Gasteiger partial charge in [-0.1, -0.05) is 5.16 Å². The van der Waals surface area contributed by atoms with Crippen molar-refractivity contribution in [3.05, 3.63) is 29.6 Å². The fraction of sp³-hybridized carbons (Fsp3) is 0.400. The standard InChI is InChI=1S/C10H13N3O/c1-14-13-10(11)8-4-5-12-9(6-8)7-2-3-7/h4-7H,2-3H2,1H3,(H2,11,13). The van der Waals surface area contributed by atoms with Crippen LogP contribution in [0.4, 0.5) is 0 Å². The number of hydrogen-bond acceptors (Lipinski definition) is 3. The summed E-state index contributed by atoms with van der Waals surface area (Å²) in [5.74, 6) is 1.03. The summed E-state index contributed by atoms with van der Waals surface area (Å²) >= 11 is 0. The van der Waals surface area contributed by atoms with Crippen molar-refractivity contribution in [2.75, 3.05) is 7.11 Å². The van der Waals surface area contributed by atoms with Crippen molar-refractivity contribution < 1.29 is 4.84 Å². The zero-order chi connectivity index (χ0) is 9.97. The van der Waals surface area contributed by atoms with Crippen LogP contribution in [0.15, 0.2) is 23.5 Å². The monoisotopic (exact) mass is 191 g/mol. The molecule has 1 heterocycles. The summed E-state index contributed by atoms with van der Waals surface area (Å²) < 4.78 is 0. The van der Waals surface area contributed by atoms with Crippen molar-refractivity contribution in [1.82, 2.24) is 4.98 Å². The minimum absolute atomic E-state index is 0.400.